The molecule has 1 rings (SSSR count). The van der Waals surface area contributed by atoms with Gasteiger partial charge in [-0.1, -0.05) is 13.8 Å². The summed E-state index contributed by atoms with van der Waals surface area (Å²) in [5.41, 5.74) is 5.38. The first-order valence-electron chi connectivity index (χ1n) is 3.17. The summed E-state index contributed by atoms with van der Waals surface area (Å²) in [6.07, 6.45) is 0. The van der Waals surface area contributed by atoms with Crippen molar-refractivity contribution in [3.8, 4) is 0 Å². The predicted octanol–water partition coefficient (Wildman–Crippen LogP) is 1.20. The average molecular weight is 169 g/mol. The van der Waals surface area contributed by atoms with E-state index in [0.29, 0.717) is 5.69 Å². The second kappa shape index (κ2) is 3.00. The Balaban J connectivity index is 2.90. The van der Waals surface area contributed by atoms with Gasteiger partial charge in [-0.25, -0.2) is 4.98 Å². The van der Waals surface area contributed by atoms with Gasteiger partial charge in [-0.2, -0.15) is 0 Å². The number of aromatic nitrogens is 1. The number of nitrogens with two attached hydrogens (primary N) is 1. The molecule has 1 radical (unpaired) electrons. The molecule has 1 amide bonds. The molecule has 1 aromatic rings. The van der Waals surface area contributed by atoms with Crippen LogP contribution in [-0.2, 0) is 0 Å². The Bertz CT molecular complexity index is 267. The number of rotatable bonds is 2. The zero-order valence-electron chi connectivity index (χ0n) is 6.42. The summed E-state index contributed by atoms with van der Waals surface area (Å²) >= 11 is 1.44. The first kappa shape index (κ1) is 8.20. The van der Waals surface area contributed by atoms with Crippen LogP contribution in [0.25, 0.3) is 0 Å². The Morgan fingerprint density at radius 2 is 2.27 bits per heavy atom. The molecule has 11 heavy (non-hydrogen) atoms. The first-order chi connectivity index (χ1) is 5.11. The van der Waals surface area contributed by atoms with Crippen molar-refractivity contribution in [2.75, 3.05) is 0 Å². The lowest BCUT2D eigenvalue weighted by Gasteiger charge is -1.94. The Hall–Kier alpha value is -0.900. The molecule has 59 valence electrons. The maximum Gasteiger partial charge on any atom is 0.268 e. The van der Waals surface area contributed by atoms with Crippen LogP contribution in [0.2, 0.25) is 0 Å². The van der Waals surface area contributed by atoms with Gasteiger partial charge >= 0.3 is 0 Å². The van der Waals surface area contributed by atoms with Crippen molar-refractivity contribution in [2.24, 2.45) is 5.73 Å². The minimum atomic E-state index is -0.464. The molecular weight excluding hydrogens is 160 g/mol. The highest BCUT2D eigenvalue weighted by Gasteiger charge is 2.08. The van der Waals surface area contributed by atoms with Crippen molar-refractivity contribution >= 4 is 17.2 Å². The van der Waals surface area contributed by atoms with E-state index in [0.717, 1.165) is 10.9 Å². The highest BCUT2D eigenvalue weighted by Crippen LogP contribution is 2.17. The van der Waals surface area contributed by atoms with Crippen LogP contribution in [0.1, 0.15) is 29.3 Å². The Labute approximate surface area is 69.3 Å². The van der Waals surface area contributed by atoms with Gasteiger partial charge in [0.15, 0.2) is 0 Å². The molecule has 0 saturated heterocycles. The second-order valence-electron chi connectivity index (χ2n) is 2.40. The molecule has 0 aliphatic carbocycles. The minimum absolute atomic E-state index is 0.353. The highest BCUT2D eigenvalue weighted by atomic mass is 32.1. The molecule has 0 fully saturated rings. The van der Waals surface area contributed by atoms with Gasteiger partial charge in [-0.15, -0.1) is 11.3 Å². The predicted molar refractivity (Wildman–Crippen MR) is 44.3 cm³/mol. The Morgan fingerprint density at radius 1 is 1.64 bits per heavy atom. The lowest BCUT2D eigenvalue weighted by atomic mass is 10.2. The zero-order valence-corrected chi connectivity index (χ0v) is 7.23. The number of hydrogen-bond donors (Lipinski definition) is 1. The number of hydrogen-bond acceptors (Lipinski definition) is 3. The standard InChI is InChI=1S/C7H9N2OS/c1-4(2)7-9-5(3-11-7)6(8)10/h3H,1-2H3,(H2,8,10). The van der Waals surface area contributed by atoms with E-state index in [1.165, 1.54) is 11.3 Å². The van der Waals surface area contributed by atoms with Gasteiger partial charge in [-0.3, -0.25) is 4.79 Å². The molecule has 0 aliphatic rings. The fourth-order valence-corrected chi connectivity index (χ4v) is 1.40. The SMILES string of the molecule is C[C](C)c1nc(C(N)=O)cs1. The van der Waals surface area contributed by atoms with E-state index in [9.17, 15) is 4.79 Å². The molecule has 1 heterocycles. The molecule has 0 atom stereocenters. The van der Waals surface area contributed by atoms with Crippen LogP contribution >= 0.6 is 11.3 Å². The number of carbonyl (C=O) groups excluding carboxylic acids is 1. The number of primary amides is 1. The van der Waals surface area contributed by atoms with Gasteiger partial charge in [0, 0.05) is 11.3 Å². The molecule has 0 saturated carbocycles. The summed E-state index contributed by atoms with van der Waals surface area (Å²) < 4.78 is 0. The van der Waals surface area contributed by atoms with Gasteiger partial charge in [0.2, 0.25) is 0 Å². The zero-order chi connectivity index (χ0) is 8.43. The molecule has 0 aliphatic heterocycles. The molecule has 3 nitrogen and oxygen atoms in total. The third kappa shape index (κ3) is 1.77. The van der Waals surface area contributed by atoms with Gasteiger partial charge in [0.25, 0.3) is 5.91 Å². The maximum atomic E-state index is 10.6. The number of nitrogens with zero attached hydrogens (tertiary/aromatic N) is 1. The van der Waals surface area contributed by atoms with Crippen molar-refractivity contribution in [2.45, 2.75) is 13.8 Å². The fourth-order valence-electron chi connectivity index (χ4n) is 0.617. The number of carbonyl (C=O) groups is 1. The van der Waals surface area contributed by atoms with E-state index in [4.69, 9.17) is 5.73 Å². The van der Waals surface area contributed by atoms with E-state index < -0.39 is 5.91 Å². The van der Waals surface area contributed by atoms with Gasteiger partial charge in [0.05, 0.1) is 0 Å². The monoisotopic (exact) mass is 169 g/mol. The van der Waals surface area contributed by atoms with Crippen LogP contribution in [0, 0.1) is 5.92 Å². The Kier molecular flexibility index (Phi) is 2.24. The van der Waals surface area contributed by atoms with Crippen LogP contribution in [0.3, 0.4) is 0 Å². The van der Waals surface area contributed by atoms with Crippen molar-refractivity contribution in [1.29, 1.82) is 0 Å². The van der Waals surface area contributed by atoms with Crippen LogP contribution in [-0.4, -0.2) is 10.9 Å². The van der Waals surface area contributed by atoms with Crippen LogP contribution in [0.15, 0.2) is 5.38 Å². The highest BCUT2D eigenvalue weighted by molar-refractivity contribution is 7.10. The lowest BCUT2D eigenvalue weighted by molar-refractivity contribution is 0.0996. The Morgan fingerprint density at radius 3 is 2.55 bits per heavy atom. The van der Waals surface area contributed by atoms with Crippen LogP contribution < -0.4 is 5.73 Å². The van der Waals surface area contributed by atoms with Crippen LogP contribution in [0.5, 0.6) is 0 Å². The fraction of sp³-hybridized carbons (Fsp3) is 0.286. The third-order valence-corrected chi connectivity index (χ3v) is 2.25. The smallest absolute Gasteiger partial charge is 0.268 e. The average Bonchev–Trinajstić information content (AvgIpc) is 2.33. The van der Waals surface area contributed by atoms with E-state index >= 15 is 0 Å². The van der Waals surface area contributed by atoms with Crippen molar-refractivity contribution in [3.63, 3.8) is 0 Å². The molecule has 0 unspecified atom stereocenters. The molecule has 2 N–H and O–H groups in total. The number of amides is 1. The summed E-state index contributed by atoms with van der Waals surface area (Å²) in [4.78, 5) is 14.6. The van der Waals surface area contributed by atoms with Gasteiger partial charge in [-0.05, 0) is 0 Å². The van der Waals surface area contributed by atoms with Crippen molar-refractivity contribution in [1.82, 2.24) is 4.98 Å². The summed E-state index contributed by atoms with van der Waals surface area (Å²) in [5.74, 6) is 0.635. The second-order valence-corrected chi connectivity index (χ2v) is 3.26. The van der Waals surface area contributed by atoms with E-state index in [1.807, 2.05) is 13.8 Å². The molecule has 1 aromatic heterocycles. The quantitative estimate of drug-likeness (QED) is 0.723. The number of thiazole rings is 1. The molecular formula is C7H9N2OS. The van der Waals surface area contributed by atoms with Gasteiger partial charge in [0.1, 0.15) is 10.7 Å². The van der Waals surface area contributed by atoms with Gasteiger partial charge < -0.3 is 5.73 Å². The summed E-state index contributed by atoms with van der Waals surface area (Å²) in [6, 6.07) is 0. The summed E-state index contributed by atoms with van der Waals surface area (Å²) in [7, 11) is 0. The largest absolute Gasteiger partial charge is 0.364 e. The van der Waals surface area contributed by atoms with E-state index in [-0.39, 0.29) is 0 Å². The maximum absolute atomic E-state index is 10.6. The third-order valence-electron chi connectivity index (χ3n) is 1.18. The molecule has 0 aromatic carbocycles. The van der Waals surface area contributed by atoms with E-state index in [2.05, 4.69) is 4.98 Å². The normalized spacial score (nSPS) is 10.5. The summed E-state index contributed by atoms with van der Waals surface area (Å²) in [6.45, 7) is 3.90. The van der Waals surface area contributed by atoms with Crippen molar-refractivity contribution < 1.29 is 4.79 Å². The van der Waals surface area contributed by atoms with Crippen LogP contribution in [0.4, 0.5) is 0 Å². The lowest BCUT2D eigenvalue weighted by Crippen LogP contribution is -2.11. The van der Waals surface area contributed by atoms with Crippen molar-refractivity contribution in [3.05, 3.63) is 22.0 Å². The molecule has 0 bridgehead atoms. The molecule has 4 heteroatoms. The minimum Gasteiger partial charge on any atom is -0.364 e. The van der Waals surface area contributed by atoms with E-state index in [1.54, 1.807) is 5.38 Å². The first-order valence-corrected chi connectivity index (χ1v) is 4.05. The molecule has 0 spiro atoms. The summed E-state index contributed by atoms with van der Waals surface area (Å²) in [5, 5.41) is 2.55. The topological polar surface area (TPSA) is 56.0 Å².